The molecule has 2 atom stereocenters. The molecular weight excluding hydrogens is 206 g/mol. The first-order chi connectivity index (χ1) is 7.17. The van der Waals surface area contributed by atoms with E-state index in [1.807, 2.05) is 30.9 Å². The van der Waals surface area contributed by atoms with Crippen LogP contribution in [0, 0.1) is 0 Å². The van der Waals surface area contributed by atoms with Crippen molar-refractivity contribution in [2.75, 3.05) is 14.2 Å². The normalized spacial score (nSPS) is 14.7. The van der Waals surface area contributed by atoms with Crippen LogP contribution in [-0.4, -0.2) is 25.4 Å². The highest BCUT2D eigenvalue weighted by atomic mass is 32.2. The summed E-state index contributed by atoms with van der Waals surface area (Å²) in [6.45, 7) is 4.42. The Kier molecular flexibility index (Phi) is 4.99. The fourth-order valence-corrected chi connectivity index (χ4v) is 2.34. The Labute approximate surface area is 96.4 Å². The van der Waals surface area contributed by atoms with Gasteiger partial charge < -0.3 is 10.1 Å². The lowest BCUT2D eigenvalue weighted by atomic mass is 10.3. The van der Waals surface area contributed by atoms with E-state index in [2.05, 4.69) is 31.3 Å². The summed E-state index contributed by atoms with van der Waals surface area (Å²) in [5.41, 5.74) is 0. The van der Waals surface area contributed by atoms with Gasteiger partial charge in [0.15, 0.2) is 0 Å². The molecule has 0 saturated carbocycles. The summed E-state index contributed by atoms with van der Waals surface area (Å²) in [5, 5.41) is 3.81. The summed E-state index contributed by atoms with van der Waals surface area (Å²) >= 11 is 1.86. The number of thioether (sulfide) groups is 1. The number of ether oxygens (including phenoxy) is 1. The van der Waals surface area contributed by atoms with Gasteiger partial charge in [-0.2, -0.15) is 0 Å². The van der Waals surface area contributed by atoms with E-state index in [1.54, 1.807) is 7.11 Å². The summed E-state index contributed by atoms with van der Waals surface area (Å²) in [4.78, 5) is 1.25. The van der Waals surface area contributed by atoms with Gasteiger partial charge in [-0.05, 0) is 32.2 Å². The Bertz CT molecular complexity index is 303. The molecule has 0 aromatic heterocycles. The van der Waals surface area contributed by atoms with Gasteiger partial charge in [0.25, 0.3) is 0 Å². The third kappa shape index (κ3) is 3.76. The molecule has 0 saturated heterocycles. The average Bonchev–Trinajstić information content (AvgIpc) is 2.28. The van der Waals surface area contributed by atoms with Gasteiger partial charge in [-0.3, -0.25) is 0 Å². The van der Waals surface area contributed by atoms with Gasteiger partial charge >= 0.3 is 0 Å². The predicted octanol–water partition coefficient (Wildman–Crippen LogP) is 2.78. The molecule has 0 bridgehead atoms. The van der Waals surface area contributed by atoms with Gasteiger partial charge in [-0.15, -0.1) is 11.8 Å². The van der Waals surface area contributed by atoms with E-state index in [1.165, 1.54) is 4.90 Å². The molecule has 15 heavy (non-hydrogen) atoms. The van der Waals surface area contributed by atoms with Gasteiger partial charge in [0.2, 0.25) is 0 Å². The smallest absolute Gasteiger partial charge is 0.119 e. The average molecular weight is 225 g/mol. The number of methoxy groups -OCH3 is 1. The Balaban J connectivity index is 2.63. The molecule has 0 fully saturated rings. The van der Waals surface area contributed by atoms with Crippen molar-refractivity contribution in [3.8, 4) is 5.75 Å². The van der Waals surface area contributed by atoms with Crippen molar-refractivity contribution in [1.82, 2.24) is 5.32 Å². The fraction of sp³-hybridized carbons (Fsp3) is 0.500. The summed E-state index contributed by atoms with van der Waals surface area (Å²) < 4.78 is 5.19. The van der Waals surface area contributed by atoms with Gasteiger partial charge in [0, 0.05) is 16.2 Å². The van der Waals surface area contributed by atoms with Crippen molar-refractivity contribution < 1.29 is 4.74 Å². The second-order valence-corrected chi connectivity index (χ2v) is 5.03. The minimum absolute atomic E-state index is 0.501. The van der Waals surface area contributed by atoms with E-state index in [-0.39, 0.29) is 0 Å². The van der Waals surface area contributed by atoms with Crippen molar-refractivity contribution in [3.63, 3.8) is 0 Å². The second kappa shape index (κ2) is 6.03. The van der Waals surface area contributed by atoms with Crippen LogP contribution in [-0.2, 0) is 0 Å². The van der Waals surface area contributed by atoms with Gasteiger partial charge in [0.1, 0.15) is 5.75 Å². The molecule has 0 aliphatic heterocycles. The lowest BCUT2D eigenvalue weighted by Gasteiger charge is -2.18. The largest absolute Gasteiger partial charge is 0.497 e. The van der Waals surface area contributed by atoms with Crippen LogP contribution in [0.5, 0.6) is 5.75 Å². The highest BCUT2D eigenvalue weighted by molar-refractivity contribution is 8.00. The standard InChI is InChI=1S/C12H19NOS/c1-9(13-3)10(2)15-12-7-5-6-11(8-12)14-4/h5-10,13H,1-4H3. The first-order valence-electron chi connectivity index (χ1n) is 5.15. The number of benzene rings is 1. The van der Waals surface area contributed by atoms with Gasteiger partial charge in [-0.1, -0.05) is 13.0 Å². The maximum absolute atomic E-state index is 5.19. The molecule has 1 aromatic rings. The first-order valence-corrected chi connectivity index (χ1v) is 6.03. The van der Waals surface area contributed by atoms with Crippen LogP contribution in [0.2, 0.25) is 0 Å². The Morgan fingerprint density at radius 1 is 1.33 bits per heavy atom. The highest BCUT2D eigenvalue weighted by Gasteiger charge is 2.11. The van der Waals surface area contributed by atoms with Crippen LogP contribution in [0.4, 0.5) is 0 Å². The van der Waals surface area contributed by atoms with Crippen molar-refractivity contribution in [3.05, 3.63) is 24.3 Å². The van der Waals surface area contributed by atoms with Crippen LogP contribution in [0.1, 0.15) is 13.8 Å². The van der Waals surface area contributed by atoms with Crippen molar-refractivity contribution >= 4 is 11.8 Å². The van der Waals surface area contributed by atoms with E-state index in [9.17, 15) is 0 Å². The zero-order chi connectivity index (χ0) is 11.3. The lowest BCUT2D eigenvalue weighted by Crippen LogP contribution is -2.30. The van der Waals surface area contributed by atoms with Crippen molar-refractivity contribution in [1.29, 1.82) is 0 Å². The third-order valence-corrected chi connectivity index (χ3v) is 3.83. The number of hydrogen-bond donors (Lipinski definition) is 1. The Morgan fingerprint density at radius 3 is 2.67 bits per heavy atom. The monoisotopic (exact) mass is 225 g/mol. The Morgan fingerprint density at radius 2 is 2.07 bits per heavy atom. The summed E-state index contributed by atoms with van der Waals surface area (Å²) in [7, 11) is 3.69. The minimum atomic E-state index is 0.501. The summed E-state index contributed by atoms with van der Waals surface area (Å²) in [6, 6.07) is 8.69. The molecule has 0 aliphatic rings. The van der Waals surface area contributed by atoms with E-state index in [0.717, 1.165) is 5.75 Å². The second-order valence-electron chi connectivity index (χ2n) is 3.58. The van der Waals surface area contributed by atoms with E-state index < -0.39 is 0 Å². The molecule has 1 aromatic carbocycles. The molecule has 0 aliphatic carbocycles. The molecule has 1 N–H and O–H groups in total. The van der Waals surface area contributed by atoms with E-state index >= 15 is 0 Å². The predicted molar refractivity (Wildman–Crippen MR) is 66.8 cm³/mol. The fourth-order valence-electron chi connectivity index (χ4n) is 1.23. The zero-order valence-electron chi connectivity index (χ0n) is 9.78. The minimum Gasteiger partial charge on any atom is -0.497 e. The van der Waals surface area contributed by atoms with Crippen molar-refractivity contribution in [2.24, 2.45) is 0 Å². The maximum atomic E-state index is 5.19. The topological polar surface area (TPSA) is 21.3 Å². The zero-order valence-corrected chi connectivity index (χ0v) is 10.6. The highest BCUT2D eigenvalue weighted by Crippen LogP contribution is 2.27. The van der Waals surface area contributed by atoms with Crippen LogP contribution in [0.15, 0.2) is 29.2 Å². The molecule has 1 rings (SSSR count). The van der Waals surface area contributed by atoms with E-state index in [4.69, 9.17) is 4.74 Å². The molecule has 3 heteroatoms. The molecule has 0 heterocycles. The summed E-state index contributed by atoms with van der Waals surface area (Å²) in [6.07, 6.45) is 0. The lowest BCUT2D eigenvalue weighted by molar-refractivity contribution is 0.413. The first kappa shape index (κ1) is 12.4. The molecular formula is C12H19NOS. The van der Waals surface area contributed by atoms with Crippen LogP contribution in [0.25, 0.3) is 0 Å². The van der Waals surface area contributed by atoms with Crippen LogP contribution >= 0.6 is 11.8 Å². The Hall–Kier alpha value is -0.670. The van der Waals surface area contributed by atoms with Crippen LogP contribution in [0.3, 0.4) is 0 Å². The molecule has 2 unspecified atom stereocenters. The third-order valence-electron chi connectivity index (χ3n) is 2.52. The SMILES string of the molecule is CNC(C)C(C)Sc1cccc(OC)c1. The number of hydrogen-bond acceptors (Lipinski definition) is 3. The number of nitrogens with one attached hydrogen (secondary N) is 1. The molecule has 0 radical (unpaired) electrons. The molecule has 0 spiro atoms. The summed E-state index contributed by atoms with van der Waals surface area (Å²) in [5.74, 6) is 0.921. The molecule has 0 amide bonds. The maximum Gasteiger partial charge on any atom is 0.119 e. The number of rotatable bonds is 5. The van der Waals surface area contributed by atoms with Crippen LogP contribution < -0.4 is 10.1 Å². The van der Waals surface area contributed by atoms with E-state index in [0.29, 0.717) is 11.3 Å². The molecule has 2 nitrogen and oxygen atoms in total. The van der Waals surface area contributed by atoms with Gasteiger partial charge in [-0.25, -0.2) is 0 Å². The molecule has 84 valence electrons. The quantitative estimate of drug-likeness (QED) is 0.779. The van der Waals surface area contributed by atoms with Crippen molar-refractivity contribution in [2.45, 2.75) is 30.0 Å². The van der Waals surface area contributed by atoms with Gasteiger partial charge in [0.05, 0.1) is 7.11 Å².